The van der Waals surface area contributed by atoms with Crippen LogP contribution < -0.4 is 4.74 Å². The molecule has 0 bridgehead atoms. The predicted molar refractivity (Wildman–Crippen MR) is 115 cm³/mol. The average Bonchev–Trinajstić information content (AvgIpc) is 3.22. The highest BCUT2D eigenvalue weighted by molar-refractivity contribution is 9.10. The van der Waals surface area contributed by atoms with Gasteiger partial charge in [0, 0.05) is 12.6 Å². The maximum Gasteiger partial charge on any atom is 0.318 e. The second kappa shape index (κ2) is 8.62. The van der Waals surface area contributed by atoms with E-state index in [2.05, 4.69) is 26.1 Å². The lowest BCUT2D eigenvalue weighted by Crippen LogP contribution is -2.06. The van der Waals surface area contributed by atoms with E-state index in [0.717, 1.165) is 27.0 Å². The monoisotopic (exact) mass is 473 g/mol. The molecule has 1 aromatic carbocycles. The van der Waals surface area contributed by atoms with Gasteiger partial charge in [-0.05, 0) is 53.5 Å². The van der Waals surface area contributed by atoms with Crippen LogP contribution in [0, 0.1) is 24.0 Å². The number of ether oxygens (including phenoxy) is 1. The molecule has 0 N–H and O–H groups in total. The molecule has 10 heteroatoms. The molecule has 0 atom stereocenters. The number of methoxy groups -OCH3 is 1. The summed E-state index contributed by atoms with van der Waals surface area (Å²) in [5, 5.41) is 19.5. The first-order valence-corrected chi connectivity index (χ1v) is 9.77. The molecule has 0 amide bonds. The van der Waals surface area contributed by atoms with Crippen molar-refractivity contribution in [3.8, 4) is 5.75 Å². The molecule has 2 heterocycles. The van der Waals surface area contributed by atoms with Gasteiger partial charge in [-0.1, -0.05) is 12.1 Å². The fraction of sp³-hybridized carbons (Fsp3) is 0.250. The summed E-state index contributed by atoms with van der Waals surface area (Å²) >= 11 is 3.53. The number of rotatable bonds is 7. The fourth-order valence-corrected chi connectivity index (χ4v) is 3.34. The third kappa shape index (κ3) is 4.33. The van der Waals surface area contributed by atoms with Crippen molar-refractivity contribution in [3.05, 3.63) is 73.3 Å². The van der Waals surface area contributed by atoms with Crippen molar-refractivity contribution < 1.29 is 14.5 Å². The summed E-state index contributed by atoms with van der Waals surface area (Å²) in [5.41, 5.74) is 3.00. The number of hydrogen-bond donors (Lipinski definition) is 0. The van der Waals surface area contributed by atoms with Crippen LogP contribution in [-0.4, -0.2) is 37.4 Å². The Morgan fingerprint density at radius 2 is 2.07 bits per heavy atom. The first-order chi connectivity index (χ1) is 14.2. The lowest BCUT2D eigenvalue weighted by atomic mass is 10.1. The highest BCUT2D eigenvalue weighted by atomic mass is 79.9. The van der Waals surface area contributed by atoms with E-state index < -0.39 is 10.7 Å². The van der Waals surface area contributed by atoms with E-state index in [4.69, 9.17) is 4.74 Å². The molecule has 3 aromatic rings. The van der Waals surface area contributed by atoms with Crippen molar-refractivity contribution in [2.45, 2.75) is 20.4 Å². The minimum absolute atomic E-state index is 0.194. The zero-order valence-corrected chi connectivity index (χ0v) is 18.5. The number of aromatic nitrogens is 4. The Labute approximate surface area is 181 Å². The first kappa shape index (κ1) is 21.4. The standard InChI is InChI=1S/C20H20BrN5O4/c1-12-19(21)13(2)25(22-12)10-15-9-14(6-8-18(15)30-4)5-7-17(27)20-16(26(28)29)11-24(3)23-20/h5-9,11H,10H2,1-4H3/b7-5+. The molecular formula is C20H20BrN5O4. The molecule has 0 saturated heterocycles. The lowest BCUT2D eigenvalue weighted by molar-refractivity contribution is -0.385. The number of carbonyl (C=O) groups is 1. The normalized spacial score (nSPS) is 11.2. The summed E-state index contributed by atoms with van der Waals surface area (Å²) in [6.45, 7) is 4.38. The predicted octanol–water partition coefficient (Wildman–Crippen LogP) is 3.86. The van der Waals surface area contributed by atoms with Crippen LogP contribution in [-0.2, 0) is 13.6 Å². The molecule has 0 unspecified atom stereocenters. The van der Waals surface area contributed by atoms with Crippen molar-refractivity contribution in [1.82, 2.24) is 19.6 Å². The largest absolute Gasteiger partial charge is 0.496 e. The molecule has 0 aliphatic rings. The molecule has 0 aliphatic heterocycles. The molecule has 0 spiro atoms. The van der Waals surface area contributed by atoms with E-state index in [9.17, 15) is 14.9 Å². The molecule has 0 radical (unpaired) electrons. The number of nitro groups is 1. The average molecular weight is 474 g/mol. The van der Waals surface area contributed by atoms with Crippen LogP contribution in [0.25, 0.3) is 6.08 Å². The van der Waals surface area contributed by atoms with Gasteiger partial charge >= 0.3 is 5.69 Å². The summed E-state index contributed by atoms with van der Waals surface area (Å²) in [6.07, 6.45) is 4.08. The minimum atomic E-state index is -0.619. The van der Waals surface area contributed by atoms with Crippen molar-refractivity contribution in [2.75, 3.05) is 7.11 Å². The zero-order valence-electron chi connectivity index (χ0n) is 16.9. The Morgan fingerprint density at radius 1 is 1.33 bits per heavy atom. The Bertz CT molecular complexity index is 1160. The Balaban J connectivity index is 1.88. The molecule has 0 fully saturated rings. The maximum atomic E-state index is 12.4. The number of aryl methyl sites for hydroxylation is 2. The van der Waals surface area contributed by atoms with Gasteiger partial charge in [-0.15, -0.1) is 0 Å². The van der Waals surface area contributed by atoms with Crippen molar-refractivity contribution in [3.63, 3.8) is 0 Å². The smallest absolute Gasteiger partial charge is 0.318 e. The molecule has 3 rings (SSSR count). The Hall–Kier alpha value is -3.27. The number of hydrogen-bond acceptors (Lipinski definition) is 6. The van der Waals surface area contributed by atoms with Gasteiger partial charge in [0.15, 0.2) is 0 Å². The molecule has 0 aliphatic carbocycles. The fourth-order valence-electron chi connectivity index (χ4n) is 3.05. The number of allylic oxidation sites excluding steroid dienone is 1. The SMILES string of the molecule is COc1ccc(/C=C/C(=O)c2nn(C)cc2[N+](=O)[O-])cc1Cn1nc(C)c(Br)c1C. The summed E-state index contributed by atoms with van der Waals surface area (Å²) in [4.78, 5) is 22.9. The highest BCUT2D eigenvalue weighted by Crippen LogP contribution is 2.25. The second-order valence-electron chi connectivity index (χ2n) is 6.71. The second-order valence-corrected chi connectivity index (χ2v) is 7.50. The number of halogens is 1. The summed E-state index contributed by atoms with van der Waals surface area (Å²) in [5.74, 6) is 0.157. The Morgan fingerprint density at radius 3 is 2.67 bits per heavy atom. The lowest BCUT2D eigenvalue weighted by Gasteiger charge is -2.11. The summed E-state index contributed by atoms with van der Waals surface area (Å²) < 4.78 is 9.53. The van der Waals surface area contributed by atoms with Crippen LogP contribution >= 0.6 is 15.9 Å². The molecular weight excluding hydrogens is 454 g/mol. The highest BCUT2D eigenvalue weighted by Gasteiger charge is 2.23. The van der Waals surface area contributed by atoms with Gasteiger partial charge in [0.2, 0.25) is 11.5 Å². The van der Waals surface area contributed by atoms with Gasteiger partial charge in [0.25, 0.3) is 0 Å². The third-order valence-corrected chi connectivity index (χ3v) is 5.73. The Kier molecular flexibility index (Phi) is 6.16. The number of nitrogens with zero attached hydrogens (tertiary/aromatic N) is 5. The number of carbonyl (C=O) groups excluding carboxylic acids is 1. The van der Waals surface area contributed by atoms with Gasteiger partial charge in [0.05, 0.1) is 34.4 Å². The number of benzene rings is 1. The van der Waals surface area contributed by atoms with E-state index in [1.54, 1.807) is 19.3 Å². The van der Waals surface area contributed by atoms with Crippen LogP contribution in [0.15, 0.2) is 34.9 Å². The van der Waals surface area contributed by atoms with Crippen molar-refractivity contribution in [2.24, 2.45) is 7.05 Å². The summed E-state index contributed by atoms with van der Waals surface area (Å²) in [6, 6.07) is 5.50. The quantitative estimate of drug-likeness (QED) is 0.223. The minimum Gasteiger partial charge on any atom is -0.496 e. The van der Waals surface area contributed by atoms with Gasteiger partial charge in [-0.2, -0.15) is 10.2 Å². The van der Waals surface area contributed by atoms with Crippen LogP contribution in [0.5, 0.6) is 5.75 Å². The molecule has 2 aromatic heterocycles. The van der Waals surface area contributed by atoms with E-state index in [1.165, 1.54) is 24.0 Å². The van der Waals surface area contributed by atoms with Crippen LogP contribution in [0.1, 0.15) is 33.0 Å². The molecule has 9 nitrogen and oxygen atoms in total. The maximum absolute atomic E-state index is 12.4. The van der Waals surface area contributed by atoms with Crippen LogP contribution in [0.4, 0.5) is 5.69 Å². The molecule has 0 saturated carbocycles. The van der Waals surface area contributed by atoms with E-state index in [1.807, 2.05) is 30.7 Å². The van der Waals surface area contributed by atoms with Crippen LogP contribution in [0.3, 0.4) is 0 Å². The van der Waals surface area contributed by atoms with E-state index in [0.29, 0.717) is 12.3 Å². The van der Waals surface area contributed by atoms with Gasteiger partial charge < -0.3 is 4.74 Å². The van der Waals surface area contributed by atoms with Gasteiger partial charge in [0.1, 0.15) is 11.9 Å². The number of ketones is 1. The van der Waals surface area contributed by atoms with Crippen LogP contribution in [0.2, 0.25) is 0 Å². The van der Waals surface area contributed by atoms with Crippen molar-refractivity contribution >= 4 is 33.5 Å². The topological polar surface area (TPSA) is 105 Å². The molecule has 156 valence electrons. The van der Waals surface area contributed by atoms with Gasteiger partial charge in [-0.25, -0.2) is 0 Å². The van der Waals surface area contributed by atoms with Crippen molar-refractivity contribution in [1.29, 1.82) is 0 Å². The van der Waals surface area contributed by atoms with E-state index in [-0.39, 0.29) is 11.4 Å². The molecule has 30 heavy (non-hydrogen) atoms. The first-order valence-electron chi connectivity index (χ1n) is 8.98. The summed E-state index contributed by atoms with van der Waals surface area (Å²) in [7, 11) is 3.12. The van der Waals surface area contributed by atoms with Gasteiger partial charge in [-0.3, -0.25) is 24.3 Å². The zero-order chi connectivity index (χ0) is 22.0. The van der Waals surface area contributed by atoms with E-state index >= 15 is 0 Å². The third-order valence-electron chi connectivity index (χ3n) is 4.58.